The van der Waals surface area contributed by atoms with Gasteiger partial charge < -0.3 is 4.52 Å². The molecular formula is C8H10ClN5O. The van der Waals surface area contributed by atoms with Crippen molar-refractivity contribution in [3.8, 4) is 0 Å². The number of aromatic nitrogens is 5. The van der Waals surface area contributed by atoms with Crippen molar-refractivity contribution in [1.82, 2.24) is 25.1 Å². The van der Waals surface area contributed by atoms with E-state index in [0.29, 0.717) is 24.1 Å². The third-order valence-corrected chi connectivity index (χ3v) is 2.12. The van der Waals surface area contributed by atoms with Crippen LogP contribution in [0.2, 0.25) is 0 Å². The number of halogens is 1. The van der Waals surface area contributed by atoms with Gasteiger partial charge >= 0.3 is 0 Å². The van der Waals surface area contributed by atoms with E-state index in [1.165, 1.54) is 0 Å². The summed E-state index contributed by atoms with van der Waals surface area (Å²) in [5, 5.41) is 11.5. The monoisotopic (exact) mass is 227 g/mol. The summed E-state index contributed by atoms with van der Waals surface area (Å²) >= 11 is 5.60. The van der Waals surface area contributed by atoms with E-state index in [0.717, 1.165) is 12.1 Å². The molecule has 80 valence electrons. The van der Waals surface area contributed by atoms with E-state index in [4.69, 9.17) is 16.1 Å². The topological polar surface area (TPSA) is 69.6 Å². The van der Waals surface area contributed by atoms with Gasteiger partial charge in [0.15, 0.2) is 5.82 Å². The molecule has 0 aliphatic rings. The molecule has 0 bridgehead atoms. The molecule has 2 heterocycles. The Hall–Kier alpha value is -1.43. The fourth-order valence-electron chi connectivity index (χ4n) is 1.11. The number of alkyl halides is 1. The number of nitrogens with zero attached hydrogens (tertiary/aromatic N) is 5. The molecule has 0 fully saturated rings. The molecule has 6 nitrogen and oxygen atoms in total. The minimum atomic E-state index is 0.351. The molecule has 2 aromatic rings. The second-order valence-corrected chi connectivity index (χ2v) is 3.27. The van der Waals surface area contributed by atoms with E-state index in [9.17, 15) is 0 Å². The number of aryl methyl sites for hydroxylation is 1. The molecule has 15 heavy (non-hydrogen) atoms. The molecule has 7 heteroatoms. The quantitative estimate of drug-likeness (QED) is 0.729. The summed E-state index contributed by atoms with van der Waals surface area (Å²) < 4.78 is 6.64. The van der Waals surface area contributed by atoms with Crippen molar-refractivity contribution < 1.29 is 4.52 Å². The summed E-state index contributed by atoms with van der Waals surface area (Å²) in [5.74, 6) is 1.57. The fraction of sp³-hybridized carbons (Fsp3) is 0.500. The van der Waals surface area contributed by atoms with Crippen LogP contribution in [-0.4, -0.2) is 25.1 Å². The third kappa shape index (κ3) is 2.33. The molecule has 0 radical (unpaired) electrons. The van der Waals surface area contributed by atoms with E-state index in [1.54, 1.807) is 10.9 Å². The average molecular weight is 228 g/mol. The molecule has 0 aliphatic carbocycles. The Kier molecular flexibility index (Phi) is 2.96. The first-order valence-corrected chi connectivity index (χ1v) is 5.11. The molecule has 0 amide bonds. The Morgan fingerprint density at radius 3 is 3.00 bits per heavy atom. The number of hydrogen-bond acceptors (Lipinski definition) is 5. The normalized spacial score (nSPS) is 10.8. The standard InChI is InChI=1S/C8H10ClN5O/c1-2-7-10-8(15-12-7)5-14-4-6(3-9)11-13-14/h4H,2-3,5H2,1H3. The van der Waals surface area contributed by atoms with Gasteiger partial charge in [-0.3, -0.25) is 0 Å². The van der Waals surface area contributed by atoms with Crippen LogP contribution in [0.3, 0.4) is 0 Å². The van der Waals surface area contributed by atoms with Crippen LogP contribution in [0.25, 0.3) is 0 Å². The molecule has 0 saturated carbocycles. The van der Waals surface area contributed by atoms with Gasteiger partial charge in [0.1, 0.15) is 6.54 Å². The van der Waals surface area contributed by atoms with Crippen molar-refractivity contribution in [1.29, 1.82) is 0 Å². The minimum absolute atomic E-state index is 0.351. The molecule has 2 rings (SSSR count). The van der Waals surface area contributed by atoms with E-state index in [1.807, 2.05) is 6.92 Å². The Morgan fingerprint density at radius 2 is 2.40 bits per heavy atom. The predicted molar refractivity (Wildman–Crippen MR) is 52.4 cm³/mol. The largest absolute Gasteiger partial charge is 0.337 e. The van der Waals surface area contributed by atoms with Crippen LogP contribution in [-0.2, 0) is 18.8 Å². The van der Waals surface area contributed by atoms with Crippen molar-refractivity contribution in [3.63, 3.8) is 0 Å². The summed E-state index contributed by atoms with van der Waals surface area (Å²) in [7, 11) is 0. The maximum atomic E-state index is 5.60. The molecule has 0 unspecified atom stereocenters. The minimum Gasteiger partial charge on any atom is -0.337 e. The highest BCUT2D eigenvalue weighted by Crippen LogP contribution is 2.02. The zero-order chi connectivity index (χ0) is 10.7. The van der Waals surface area contributed by atoms with Gasteiger partial charge in [0.2, 0.25) is 5.89 Å². The van der Waals surface area contributed by atoms with Crippen LogP contribution < -0.4 is 0 Å². The van der Waals surface area contributed by atoms with Gasteiger partial charge in [-0.05, 0) is 0 Å². The average Bonchev–Trinajstić information content (AvgIpc) is 2.87. The van der Waals surface area contributed by atoms with Crippen molar-refractivity contribution in [2.75, 3.05) is 0 Å². The summed E-state index contributed by atoms with van der Waals surface area (Å²) in [6.07, 6.45) is 2.51. The summed E-state index contributed by atoms with van der Waals surface area (Å²) in [6.45, 7) is 2.40. The van der Waals surface area contributed by atoms with Crippen molar-refractivity contribution >= 4 is 11.6 Å². The van der Waals surface area contributed by atoms with E-state index in [2.05, 4.69) is 20.5 Å². The summed E-state index contributed by atoms with van der Waals surface area (Å²) in [5.41, 5.74) is 0.729. The van der Waals surface area contributed by atoms with E-state index in [-0.39, 0.29) is 0 Å². The number of hydrogen-bond donors (Lipinski definition) is 0. The molecule has 0 saturated heterocycles. The lowest BCUT2D eigenvalue weighted by Crippen LogP contribution is -2.00. The van der Waals surface area contributed by atoms with Crippen LogP contribution in [0.15, 0.2) is 10.7 Å². The lowest BCUT2D eigenvalue weighted by atomic mass is 10.5. The second-order valence-electron chi connectivity index (χ2n) is 3.00. The van der Waals surface area contributed by atoms with Crippen LogP contribution >= 0.6 is 11.6 Å². The summed E-state index contributed by atoms with van der Waals surface area (Å²) in [4.78, 5) is 4.16. The zero-order valence-electron chi connectivity index (χ0n) is 8.22. The van der Waals surface area contributed by atoms with E-state index < -0.39 is 0 Å². The van der Waals surface area contributed by atoms with Gasteiger partial charge in [0.05, 0.1) is 17.8 Å². The van der Waals surface area contributed by atoms with Crippen molar-refractivity contribution in [2.45, 2.75) is 25.8 Å². The maximum Gasteiger partial charge on any atom is 0.248 e. The van der Waals surface area contributed by atoms with Crippen LogP contribution in [0.4, 0.5) is 0 Å². The van der Waals surface area contributed by atoms with Crippen LogP contribution in [0.5, 0.6) is 0 Å². The number of rotatable bonds is 4. The fourth-order valence-corrected chi connectivity index (χ4v) is 1.24. The molecule has 0 aromatic carbocycles. The first-order chi connectivity index (χ1) is 7.31. The highest BCUT2D eigenvalue weighted by molar-refractivity contribution is 6.16. The Labute approximate surface area is 91.2 Å². The van der Waals surface area contributed by atoms with E-state index >= 15 is 0 Å². The first kappa shape index (κ1) is 10.1. The molecular weight excluding hydrogens is 218 g/mol. The van der Waals surface area contributed by atoms with Gasteiger partial charge in [0.25, 0.3) is 0 Å². The molecule has 0 atom stereocenters. The third-order valence-electron chi connectivity index (χ3n) is 1.85. The second kappa shape index (κ2) is 4.39. The molecule has 0 spiro atoms. The smallest absolute Gasteiger partial charge is 0.248 e. The molecule has 2 aromatic heterocycles. The summed E-state index contributed by atoms with van der Waals surface area (Å²) in [6, 6.07) is 0. The van der Waals surface area contributed by atoms with Gasteiger partial charge in [0, 0.05) is 6.42 Å². The first-order valence-electron chi connectivity index (χ1n) is 4.58. The van der Waals surface area contributed by atoms with Crippen LogP contribution in [0, 0.1) is 0 Å². The highest BCUT2D eigenvalue weighted by atomic mass is 35.5. The van der Waals surface area contributed by atoms with Crippen LogP contribution in [0.1, 0.15) is 24.3 Å². The van der Waals surface area contributed by atoms with Crippen molar-refractivity contribution in [2.24, 2.45) is 0 Å². The highest BCUT2D eigenvalue weighted by Gasteiger charge is 2.06. The lowest BCUT2D eigenvalue weighted by Gasteiger charge is -1.91. The van der Waals surface area contributed by atoms with Gasteiger partial charge in [-0.25, -0.2) is 4.68 Å². The van der Waals surface area contributed by atoms with Gasteiger partial charge in [-0.2, -0.15) is 4.98 Å². The Balaban J connectivity index is 2.07. The predicted octanol–water partition coefficient (Wildman–Crippen LogP) is 1.01. The lowest BCUT2D eigenvalue weighted by molar-refractivity contribution is 0.360. The van der Waals surface area contributed by atoms with Gasteiger partial charge in [-0.15, -0.1) is 16.7 Å². The Bertz CT molecular complexity index is 397. The molecule has 0 N–H and O–H groups in total. The SMILES string of the molecule is CCc1noc(Cn2cc(CCl)nn2)n1. The molecule has 0 aliphatic heterocycles. The Morgan fingerprint density at radius 1 is 1.53 bits per heavy atom. The van der Waals surface area contributed by atoms with Crippen molar-refractivity contribution in [3.05, 3.63) is 23.6 Å². The maximum absolute atomic E-state index is 5.60. The zero-order valence-corrected chi connectivity index (χ0v) is 8.98. The van der Waals surface area contributed by atoms with Gasteiger partial charge in [-0.1, -0.05) is 17.3 Å².